The zero-order valence-electron chi connectivity index (χ0n) is 17.8. The van der Waals surface area contributed by atoms with Gasteiger partial charge in [-0.25, -0.2) is 4.99 Å². The van der Waals surface area contributed by atoms with Crippen molar-refractivity contribution in [3.63, 3.8) is 0 Å². The van der Waals surface area contributed by atoms with Crippen LogP contribution in [-0.2, 0) is 0 Å². The van der Waals surface area contributed by atoms with Gasteiger partial charge in [0.25, 0.3) is 0 Å². The number of anilines is 2. The van der Waals surface area contributed by atoms with Crippen LogP contribution in [-0.4, -0.2) is 9.67 Å². The quantitative estimate of drug-likeness (QED) is 0.554. The maximum Gasteiger partial charge on any atom is 0.151 e. The lowest BCUT2D eigenvalue weighted by Crippen LogP contribution is -2.33. The molecule has 1 aromatic heterocycles. The molecule has 0 saturated heterocycles. The van der Waals surface area contributed by atoms with Crippen LogP contribution in [0.4, 0.5) is 17.2 Å². The van der Waals surface area contributed by atoms with Crippen molar-refractivity contribution in [1.29, 1.82) is 0 Å². The van der Waals surface area contributed by atoms with Gasteiger partial charge in [0.1, 0.15) is 16.9 Å². The minimum atomic E-state index is -0.858. The van der Waals surface area contributed by atoms with Crippen LogP contribution in [0, 0.1) is 0 Å². The molecular weight excluding hydrogens is 372 g/mol. The number of hydrogen-bond acceptors (Lipinski definition) is 4. The molecule has 30 heavy (non-hydrogen) atoms. The van der Waals surface area contributed by atoms with Crippen LogP contribution in [0.3, 0.4) is 0 Å². The van der Waals surface area contributed by atoms with Crippen molar-refractivity contribution in [1.82, 2.24) is 4.57 Å². The smallest absolute Gasteiger partial charge is 0.151 e. The van der Waals surface area contributed by atoms with E-state index in [-0.39, 0.29) is 6.04 Å². The van der Waals surface area contributed by atoms with Gasteiger partial charge in [0, 0.05) is 11.6 Å². The number of nitrogens with two attached hydrogens (primary N) is 1. The number of aliphatic hydroxyl groups is 1. The molecule has 1 aliphatic rings. The standard InChI is InChI=1S/C25H30N4O/c1-4-17(3)29-21-15-14-16(2)19-12-8-9-13-20(19)27-23(21)22(26)24(29)28-25(30)18-10-6-5-7-11-18/h5-13,15-17,25,28,30H,4,14,26H2,1-3H3. The molecule has 0 fully saturated rings. The summed E-state index contributed by atoms with van der Waals surface area (Å²) < 4.78 is 2.20. The number of aliphatic hydroxyl groups excluding tert-OH is 1. The summed E-state index contributed by atoms with van der Waals surface area (Å²) in [6.45, 7) is 6.56. The number of aromatic nitrogens is 1. The fourth-order valence-electron chi connectivity index (χ4n) is 4.10. The average Bonchev–Trinajstić information content (AvgIpc) is 3.01. The van der Waals surface area contributed by atoms with E-state index >= 15 is 0 Å². The third kappa shape index (κ3) is 3.61. The lowest BCUT2D eigenvalue weighted by molar-refractivity contribution is 0.207. The molecule has 0 aliphatic carbocycles. The summed E-state index contributed by atoms with van der Waals surface area (Å²) >= 11 is 0. The van der Waals surface area contributed by atoms with E-state index in [1.54, 1.807) is 0 Å². The minimum Gasteiger partial charge on any atom is -0.394 e. The zero-order chi connectivity index (χ0) is 21.3. The minimum absolute atomic E-state index is 0.206. The number of nitrogens with one attached hydrogen (secondary N) is 1. The highest BCUT2D eigenvalue weighted by atomic mass is 16.3. The van der Waals surface area contributed by atoms with E-state index in [2.05, 4.69) is 48.9 Å². The molecule has 0 bridgehead atoms. The van der Waals surface area contributed by atoms with Gasteiger partial charge in [-0.15, -0.1) is 0 Å². The second-order valence-electron chi connectivity index (χ2n) is 8.09. The molecule has 1 aliphatic heterocycles. The van der Waals surface area contributed by atoms with E-state index in [1.165, 1.54) is 5.56 Å². The van der Waals surface area contributed by atoms with Gasteiger partial charge in [0.15, 0.2) is 6.23 Å². The highest BCUT2D eigenvalue weighted by Crippen LogP contribution is 2.31. The van der Waals surface area contributed by atoms with E-state index in [4.69, 9.17) is 10.7 Å². The first-order valence-corrected chi connectivity index (χ1v) is 10.7. The lowest BCUT2D eigenvalue weighted by Gasteiger charge is -2.21. The largest absolute Gasteiger partial charge is 0.394 e. The van der Waals surface area contributed by atoms with Crippen LogP contribution in [0.1, 0.15) is 62.9 Å². The Labute approximate surface area is 177 Å². The number of para-hydroxylation sites is 1. The molecule has 3 atom stereocenters. The molecule has 0 spiro atoms. The van der Waals surface area contributed by atoms with Gasteiger partial charge in [0.2, 0.25) is 0 Å². The van der Waals surface area contributed by atoms with Gasteiger partial charge in [-0.1, -0.05) is 68.5 Å². The highest BCUT2D eigenvalue weighted by molar-refractivity contribution is 5.66. The Bertz CT molecular complexity index is 1150. The Morgan fingerprint density at radius 2 is 1.87 bits per heavy atom. The highest BCUT2D eigenvalue weighted by Gasteiger charge is 2.22. The summed E-state index contributed by atoms with van der Waals surface area (Å²) in [5.74, 6) is 1.09. The van der Waals surface area contributed by atoms with E-state index in [0.717, 1.165) is 40.6 Å². The average molecular weight is 403 g/mol. The van der Waals surface area contributed by atoms with Gasteiger partial charge in [-0.3, -0.25) is 0 Å². The Morgan fingerprint density at radius 3 is 2.60 bits per heavy atom. The molecule has 5 heteroatoms. The molecule has 4 N–H and O–H groups in total. The van der Waals surface area contributed by atoms with Gasteiger partial charge < -0.3 is 20.7 Å². The molecule has 5 nitrogen and oxygen atoms in total. The third-order valence-electron chi connectivity index (χ3n) is 6.04. The maximum absolute atomic E-state index is 10.8. The second-order valence-corrected chi connectivity index (χ2v) is 8.09. The van der Waals surface area contributed by atoms with Crippen molar-refractivity contribution in [2.75, 3.05) is 11.1 Å². The molecular formula is C25H30N4O. The normalized spacial score (nSPS) is 17.4. The van der Waals surface area contributed by atoms with Crippen molar-refractivity contribution in [2.24, 2.45) is 4.99 Å². The molecule has 0 saturated carbocycles. The number of benzene rings is 2. The van der Waals surface area contributed by atoms with Crippen LogP contribution < -0.4 is 21.8 Å². The molecule has 2 heterocycles. The molecule has 3 unspecified atom stereocenters. The van der Waals surface area contributed by atoms with Crippen molar-refractivity contribution in [3.05, 3.63) is 76.4 Å². The molecule has 4 rings (SSSR count). The molecule has 3 aromatic rings. The Balaban J connectivity index is 1.92. The summed E-state index contributed by atoms with van der Waals surface area (Å²) in [5, 5.41) is 15.9. The first kappa shape index (κ1) is 20.2. The zero-order valence-corrected chi connectivity index (χ0v) is 17.8. The van der Waals surface area contributed by atoms with E-state index in [0.29, 0.717) is 11.6 Å². The van der Waals surface area contributed by atoms with Crippen molar-refractivity contribution in [2.45, 2.75) is 51.8 Å². The van der Waals surface area contributed by atoms with Gasteiger partial charge in [-0.05, 0) is 37.3 Å². The van der Waals surface area contributed by atoms with E-state index in [9.17, 15) is 5.11 Å². The van der Waals surface area contributed by atoms with E-state index in [1.807, 2.05) is 42.5 Å². The molecule has 0 radical (unpaired) electrons. The first-order chi connectivity index (χ1) is 14.5. The van der Waals surface area contributed by atoms with Crippen molar-refractivity contribution < 1.29 is 5.11 Å². The van der Waals surface area contributed by atoms with Crippen LogP contribution in [0.15, 0.2) is 59.6 Å². The number of nitrogen functional groups attached to an aromatic ring is 1. The third-order valence-corrected chi connectivity index (χ3v) is 6.04. The predicted molar refractivity (Wildman–Crippen MR) is 123 cm³/mol. The number of fused-ring (bicyclic) bond motifs is 2. The fraction of sp³-hybridized carbons (Fsp3) is 0.320. The Morgan fingerprint density at radius 1 is 1.17 bits per heavy atom. The van der Waals surface area contributed by atoms with Crippen LogP contribution in [0.25, 0.3) is 6.08 Å². The number of hydrogen-bond donors (Lipinski definition) is 3. The van der Waals surface area contributed by atoms with Crippen molar-refractivity contribution in [3.8, 4) is 0 Å². The maximum atomic E-state index is 10.8. The number of rotatable bonds is 5. The van der Waals surface area contributed by atoms with Crippen molar-refractivity contribution >= 4 is 23.3 Å². The Kier molecular flexibility index (Phi) is 5.64. The summed E-state index contributed by atoms with van der Waals surface area (Å²) in [5.41, 5.74) is 10.2. The van der Waals surface area contributed by atoms with Gasteiger partial charge >= 0.3 is 0 Å². The number of nitrogens with zero attached hydrogens (tertiary/aromatic N) is 2. The van der Waals surface area contributed by atoms with Crippen LogP contribution >= 0.6 is 0 Å². The topological polar surface area (TPSA) is 75.6 Å². The molecule has 156 valence electrons. The first-order valence-electron chi connectivity index (χ1n) is 10.7. The summed E-state index contributed by atoms with van der Waals surface area (Å²) in [4.78, 5) is 4.99. The predicted octanol–water partition coefficient (Wildman–Crippen LogP) is 4.38. The summed E-state index contributed by atoms with van der Waals surface area (Å²) in [6.07, 6.45) is 3.22. The SMILES string of the molecule is CCC(C)n1c(NC(O)c2ccccc2)c(N)c2c1=CCC(C)c1ccccc1N=2. The second kappa shape index (κ2) is 8.36. The van der Waals surface area contributed by atoms with E-state index < -0.39 is 6.23 Å². The monoisotopic (exact) mass is 402 g/mol. The van der Waals surface area contributed by atoms with Crippen LogP contribution in [0.2, 0.25) is 0 Å². The lowest BCUT2D eigenvalue weighted by atomic mass is 9.95. The van der Waals surface area contributed by atoms with Crippen LogP contribution in [0.5, 0.6) is 0 Å². The molecule has 0 amide bonds. The molecule has 2 aromatic carbocycles. The summed E-state index contributed by atoms with van der Waals surface area (Å²) in [6, 6.07) is 18.0. The van der Waals surface area contributed by atoms with Gasteiger partial charge in [-0.2, -0.15) is 0 Å². The Hall–Kier alpha value is -3.05. The van der Waals surface area contributed by atoms with Gasteiger partial charge in [0.05, 0.1) is 11.0 Å². The fourth-order valence-corrected chi connectivity index (χ4v) is 4.10. The summed E-state index contributed by atoms with van der Waals surface area (Å²) in [7, 11) is 0.